The van der Waals surface area contributed by atoms with Crippen LogP contribution >= 0.6 is 35.0 Å². The molecule has 0 aliphatic carbocycles. The minimum absolute atomic E-state index is 0.133. The molecule has 0 aromatic heterocycles. The number of carbonyl (C=O) groups excluding carboxylic acids is 1. The third kappa shape index (κ3) is 6.64. The Morgan fingerprint density at radius 2 is 1.65 bits per heavy atom. The number of anilines is 1. The lowest BCUT2D eigenvalue weighted by Crippen LogP contribution is -2.25. The van der Waals surface area contributed by atoms with Crippen LogP contribution in [0.25, 0.3) is 0 Å². The molecule has 0 aliphatic rings. The second-order valence-electron chi connectivity index (χ2n) is 6.67. The van der Waals surface area contributed by atoms with E-state index in [0.717, 1.165) is 10.5 Å². The second-order valence-corrected chi connectivity index (χ2v) is 10.4. The zero-order valence-corrected chi connectivity index (χ0v) is 19.7. The number of nitrogens with one attached hydrogen (secondary N) is 2. The average Bonchev–Trinajstić information content (AvgIpc) is 2.74. The monoisotopic (exact) mass is 494 g/mol. The quantitative estimate of drug-likeness (QED) is 0.314. The third-order valence-corrected chi connectivity index (χ3v) is 7.24. The van der Waals surface area contributed by atoms with Crippen LogP contribution in [0.3, 0.4) is 0 Å². The summed E-state index contributed by atoms with van der Waals surface area (Å²) in [7, 11) is -3.78. The predicted molar refractivity (Wildman–Crippen MR) is 128 cm³/mol. The fraction of sp³-hybridized carbons (Fsp3) is 0.136. The van der Waals surface area contributed by atoms with Gasteiger partial charge in [0.2, 0.25) is 0 Å². The standard InChI is InChI=1S/C22H20Cl2N2O3S2/c1-15-2-9-19(10-3-15)31(28,29)26-21-11-4-16(14-20(21)24)22(27)25-12-13-30-18-7-5-17(23)6-8-18/h2-11,14,26H,12-13H2,1H3,(H,25,27). The van der Waals surface area contributed by atoms with Gasteiger partial charge in [0.15, 0.2) is 0 Å². The van der Waals surface area contributed by atoms with Gasteiger partial charge in [-0.2, -0.15) is 0 Å². The van der Waals surface area contributed by atoms with E-state index in [1.165, 1.54) is 30.3 Å². The SMILES string of the molecule is Cc1ccc(S(=O)(=O)Nc2ccc(C(=O)NCCSc3ccc(Cl)cc3)cc2Cl)cc1. The number of aryl methyl sites for hydroxylation is 1. The van der Waals surface area contributed by atoms with Gasteiger partial charge in [0.05, 0.1) is 15.6 Å². The van der Waals surface area contributed by atoms with Crippen molar-refractivity contribution in [3.05, 3.63) is 87.9 Å². The normalized spacial score (nSPS) is 11.2. The van der Waals surface area contributed by atoms with Gasteiger partial charge in [-0.3, -0.25) is 9.52 Å². The van der Waals surface area contributed by atoms with Crippen molar-refractivity contribution in [2.75, 3.05) is 17.0 Å². The summed E-state index contributed by atoms with van der Waals surface area (Å²) in [6, 6.07) is 18.4. The molecule has 0 spiro atoms. The van der Waals surface area contributed by atoms with E-state index in [-0.39, 0.29) is 21.5 Å². The van der Waals surface area contributed by atoms with Crippen LogP contribution in [0.5, 0.6) is 0 Å². The highest BCUT2D eigenvalue weighted by Gasteiger charge is 2.16. The lowest BCUT2D eigenvalue weighted by molar-refractivity contribution is 0.0956. The molecule has 0 fully saturated rings. The van der Waals surface area contributed by atoms with Gasteiger partial charge in [-0.1, -0.05) is 40.9 Å². The van der Waals surface area contributed by atoms with E-state index < -0.39 is 10.0 Å². The van der Waals surface area contributed by atoms with Gasteiger partial charge < -0.3 is 5.32 Å². The molecule has 0 bridgehead atoms. The molecule has 31 heavy (non-hydrogen) atoms. The summed E-state index contributed by atoms with van der Waals surface area (Å²) in [5.74, 6) is 0.404. The second kappa shape index (κ2) is 10.4. The van der Waals surface area contributed by atoms with Crippen molar-refractivity contribution in [2.24, 2.45) is 0 Å². The first-order valence-electron chi connectivity index (χ1n) is 9.30. The van der Waals surface area contributed by atoms with Crippen molar-refractivity contribution >= 4 is 56.6 Å². The van der Waals surface area contributed by atoms with Crippen LogP contribution in [0.2, 0.25) is 10.0 Å². The van der Waals surface area contributed by atoms with E-state index in [1.807, 2.05) is 31.2 Å². The van der Waals surface area contributed by atoms with Crippen LogP contribution in [-0.4, -0.2) is 26.6 Å². The number of thioether (sulfide) groups is 1. The molecule has 5 nitrogen and oxygen atoms in total. The molecule has 0 saturated carbocycles. The van der Waals surface area contributed by atoms with Crippen molar-refractivity contribution in [2.45, 2.75) is 16.7 Å². The molecule has 3 aromatic carbocycles. The summed E-state index contributed by atoms with van der Waals surface area (Å²) in [4.78, 5) is 13.6. The van der Waals surface area contributed by atoms with Gasteiger partial charge in [0.25, 0.3) is 15.9 Å². The van der Waals surface area contributed by atoms with Gasteiger partial charge in [-0.25, -0.2) is 8.42 Å². The molecule has 3 aromatic rings. The molecule has 0 radical (unpaired) electrons. The van der Waals surface area contributed by atoms with Crippen molar-refractivity contribution in [1.29, 1.82) is 0 Å². The molecule has 0 saturated heterocycles. The number of halogens is 2. The summed E-state index contributed by atoms with van der Waals surface area (Å²) >= 11 is 13.7. The van der Waals surface area contributed by atoms with Crippen LogP contribution in [0.1, 0.15) is 15.9 Å². The summed E-state index contributed by atoms with van der Waals surface area (Å²) in [5, 5.41) is 3.64. The molecular weight excluding hydrogens is 475 g/mol. The lowest BCUT2D eigenvalue weighted by atomic mass is 10.2. The van der Waals surface area contributed by atoms with Crippen molar-refractivity contribution in [1.82, 2.24) is 5.32 Å². The van der Waals surface area contributed by atoms with Crippen LogP contribution in [0.15, 0.2) is 76.5 Å². The molecule has 0 heterocycles. The van der Waals surface area contributed by atoms with Gasteiger partial charge in [-0.05, 0) is 61.5 Å². The Morgan fingerprint density at radius 1 is 0.968 bits per heavy atom. The first-order chi connectivity index (χ1) is 14.7. The first-order valence-corrected chi connectivity index (χ1v) is 12.5. The van der Waals surface area contributed by atoms with Crippen molar-refractivity contribution in [3.8, 4) is 0 Å². The largest absolute Gasteiger partial charge is 0.351 e. The molecule has 2 N–H and O–H groups in total. The summed E-state index contributed by atoms with van der Waals surface area (Å²) < 4.78 is 27.5. The van der Waals surface area contributed by atoms with E-state index >= 15 is 0 Å². The summed E-state index contributed by atoms with van der Waals surface area (Å²) in [6.45, 7) is 2.34. The highest BCUT2D eigenvalue weighted by Crippen LogP contribution is 2.26. The minimum Gasteiger partial charge on any atom is -0.351 e. The Hall–Kier alpha value is -2.19. The Labute approximate surface area is 196 Å². The molecule has 0 atom stereocenters. The number of carbonyl (C=O) groups is 1. The van der Waals surface area contributed by atoms with Crippen LogP contribution in [-0.2, 0) is 10.0 Å². The smallest absolute Gasteiger partial charge is 0.261 e. The molecule has 162 valence electrons. The van der Waals surface area contributed by atoms with E-state index in [2.05, 4.69) is 10.0 Å². The number of hydrogen-bond donors (Lipinski definition) is 2. The number of hydrogen-bond acceptors (Lipinski definition) is 4. The van der Waals surface area contributed by atoms with Gasteiger partial charge in [0.1, 0.15) is 0 Å². The number of sulfonamides is 1. The highest BCUT2D eigenvalue weighted by molar-refractivity contribution is 7.99. The molecule has 3 rings (SSSR count). The Morgan fingerprint density at radius 3 is 2.29 bits per heavy atom. The van der Waals surface area contributed by atoms with Gasteiger partial charge in [-0.15, -0.1) is 11.8 Å². The minimum atomic E-state index is -3.78. The number of benzene rings is 3. The summed E-state index contributed by atoms with van der Waals surface area (Å²) in [6.07, 6.45) is 0. The Balaban J connectivity index is 1.57. The maximum Gasteiger partial charge on any atom is 0.261 e. The molecule has 1 amide bonds. The van der Waals surface area contributed by atoms with Crippen LogP contribution in [0.4, 0.5) is 5.69 Å². The maximum atomic E-state index is 12.5. The van der Waals surface area contributed by atoms with E-state index in [0.29, 0.717) is 22.9 Å². The fourth-order valence-corrected chi connectivity index (χ4v) is 4.88. The fourth-order valence-electron chi connectivity index (χ4n) is 2.63. The zero-order valence-electron chi connectivity index (χ0n) is 16.6. The molecule has 0 aliphatic heterocycles. The predicted octanol–water partition coefficient (Wildman–Crippen LogP) is 5.62. The van der Waals surface area contributed by atoms with E-state index in [9.17, 15) is 13.2 Å². The van der Waals surface area contributed by atoms with Crippen molar-refractivity contribution in [3.63, 3.8) is 0 Å². The maximum absolute atomic E-state index is 12.5. The first kappa shape index (κ1) is 23.5. The van der Waals surface area contributed by atoms with Gasteiger partial charge >= 0.3 is 0 Å². The molecule has 0 unspecified atom stereocenters. The zero-order chi connectivity index (χ0) is 22.4. The molecule has 9 heteroatoms. The lowest BCUT2D eigenvalue weighted by Gasteiger charge is -2.11. The third-order valence-electron chi connectivity index (χ3n) is 4.28. The number of rotatable bonds is 8. The highest BCUT2D eigenvalue weighted by atomic mass is 35.5. The van der Waals surface area contributed by atoms with Crippen LogP contribution in [0, 0.1) is 6.92 Å². The van der Waals surface area contributed by atoms with Crippen molar-refractivity contribution < 1.29 is 13.2 Å². The van der Waals surface area contributed by atoms with Gasteiger partial charge in [0, 0.05) is 27.8 Å². The molecular formula is C22H20Cl2N2O3S2. The number of amides is 1. The average molecular weight is 495 g/mol. The Kier molecular flexibility index (Phi) is 7.89. The summed E-state index contributed by atoms with van der Waals surface area (Å²) in [5.41, 5.74) is 1.51. The van der Waals surface area contributed by atoms with E-state index in [1.54, 1.807) is 23.9 Å². The van der Waals surface area contributed by atoms with E-state index in [4.69, 9.17) is 23.2 Å². The Bertz CT molecular complexity index is 1170. The van der Waals surface area contributed by atoms with Crippen LogP contribution < -0.4 is 10.0 Å². The topological polar surface area (TPSA) is 75.3 Å².